The summed E-state index contributed by atoms with van der Waals surface area (Å²) in [5.74, 6) is 1.48. The Morgan fingerprint density at radius 3 is 2.45 bits per heavy atom. The maximum Gasteiger partial charge on any atom is 0.246 e. The number of nitrogens with one attached hydrogen (secondary N) is 1. The number of benzene rings is 2. The van der Waals surface area contributed by atoms with Crippen LogP contribution < -0.4 is 5.43 Å². The van der Waals surface area contributed by atoms with E-state index in [4.69, 9.17) is 0 Å². The highest BCUT2D eigenvalue weighted by Crippen LogP contribution is 2.65. The molecule has 0 spiro atoms. The third-order valence-electron chi connectivity index (χ3n) is 7.51. The number of hydrogen-bond donors (Lipinski definition) is 2. The summed E-state index contributed by atoms with van der Waals surface area (Å²) in [5.41, 5.74) is 5.93. The first kappa shape index (κ1) is 18.4. The molecule has 2 N–H and O–H groups in total. The van der Waals surface area contributed by atoms with Crippen molar-refractivity contribution in [2.75, 3.05) is 0 Å². The van der Waals surface area contributed by atoms with Gasteiger partial charge in [0.15, 0.2) is 0 Å². The quantitative estimate of drug-likeness (QED) is 0.590. The molecule has 4 aliphatic rings. The van der Waals surface area contributed by atoms with Gasteiger partial charge in [0.25, 0.3) is 0 Å². The first-order valence-corrected chi connectivity index (χ1v) is 10.7. The number of hydrazone groups is 1. The zero-order chi connectivity index (χ0) is 20.1. The van der Waals surface area contributed by atoms with Gasteiger partial charge in [-0.2, -0.15) is 5.10 Å². The lowest BCUT2D eigenvalue weighted by Crippen LogP contribution is -2.58. The number of nitrogens with zero attached hydrogens (tertiary/aromatic N) is 1. The van der Waals surface area contributed by atoms with E-state index < -0.39 is 0 Å². The van der Waals surface area contributed by atoms with Crippen molar-refractivity contribution in [1.82, 2.24) is 5.43 Å². The number of aromatic hydroxyl groups is 1. The van der Waals surface area contributed by atoms with Crippen LogP contribution in [-0.2, 0) is 10.2 Å². The number of amides is 1. The Balaban J connectivity index is 1.39. The van der Waals surface area contributed by atoms with E-state index in [0.29, 0.717) is 17.4 Å². The molecule has 2 unspecified atom stereocenters. The topological polar surface area (TPSA) is 61.7 Å². The summed E-state index contributed by atoms with van der Waals surface area (Å²) in [6.45, 7) is 2.13. The molecule has 29 heavy (non-hydrogen) atoms. The van der Waals surface area contributed by atoms with E-state index in [2.05, 4.69) is 41.7 Å². The Hall–Kier alpha value is -2.62. The number of aryl methyl sites for hydroxylation is 1. The Morgan fingerprint density at radius 2 is 1.76 bits per heavy atom. The SMILES string of the molecule is Cc1ccc(C23CC4CC(CC(C(=O)NN=Cc5ccccc5O)(C4)C2)C3)cc1. The van der Waals surface area contributed by atoms with Crippen molar-refractivity contribution in [3.8, 4) is 5.75 Å². The fraction of sp³-hybridized carbons (Fsp3) is 0.440. The number of carbonyl (C=O) groups excluding carboxylic acids is 1. The van der Waals surface area contributed by atoms with Crippen molar-refractivity contribution in [2.45, 2.75) is 50.9 Å². The number of para-hydroxylation sites is 1. The van der Waals surface area contributed by atoms with Gasteiger partial charge in [-0.25, -0.2) is 5.43 Å². The third kappa shape index (κ3) is 3.15. The van der Waals surface area contributed by atoms with Crippen LogP contribution in [0.3, 0.4) is 0 Å². The average molecular weight is 389 g/mol. The van der Waals surface area contributed by atoms with Crippen molar-refractivity contribution in [2.24, 2.45) is 22.4 Å². The van der Waals surface area contributed by atoms with Crippen LogP contribution in [0.2, 0.25) is 0 Å². The zero-order valence-electron chi connectivity index (χ0n) is 16.9. The molecule has 1 amide bonds. The summed E-state index contributed by atoms with van der Waals surface area (Å²) in [7, 11) is 0. The summed E-state index contributed by atoms with van der Waals surface area (Å²) >= 11 is 0. The molecule has 4 nitrogen and oxygen atoms in total. The maximum atomic E-state index is 13.3. The molecular formula is C25H28N2O2. The second kappa shape index (κ2) is 6.72. The van der Waals surface area contributed by atoms with Gasteiger partial charge in [0.05, 0.1) is 11.6 Å². The summed E-state index contributed by atoms with van der Waals surface area (Å²) in [5, 5.41) is 14.1. The fourth-order valence-electron chi connectivity index (χ4n) is 6.65. The molecule has 4 fully saturated rings. The van der Waals surface area contributed by atoms with Gasteiger partial charge in [-0.15, -0.1) is 0 Å². The Bertz CT molecular complexity index is 949. The van der Waals surface area contributed by atoms with Crippen molar-refractivity contribution >= 4 is 12.1 Å². The molecule has 4 aliphatic carbocycles. The Morgan fingerprint density at radius 1 is 1.07 bits per heavy atom. The molecule has 0 saturated heterocycles. The van der Waals surface area contributed by atoms with E-state index >= 15 is 0 Å². The molecule has 0 radical (unpaired) electrons. The largest absolute Gasteiger partial charge is 0.507 e. The number of rotatable bonds is 4. The lowest BCUT2D eigenvalue weighted by molar-refractivity contribution is -0.149. The molecule has 0 aliphatic heterocycles. The average Bonchev–Trinajstić information content (AvgIpc) is 2.69. The molecule has 2 aromatic carbocycles. The van der Waals surface area contributed by atoms with Crippen molar-refractivity contribution in [3.63, 3.8) is 0 Å². The van der Waals surface area contributed by atoms with E-state index in [1.54, 1.807) is 18.2 Å². The molecule has 4 heteroatoms. The van der Waals surface area contributed by atoms with E-state index in [-0.39, 0.29) is 22.5 Å². The number of hydrogen-bond acceptors (Lipinski definition) is 3. The van der Waals surface area contributed by atoms with Crippen molar-refractivity contribution < 1.29 is 9.90 Å². The van der Waals surface area contributed by atoms with Crippen molar-refractivity contribution in [3.05, 3.63) is 65.2 Å². The van der Waals surface area contributed by atoms with Crippen LogP contribution in [0.5, 0.6) is 5.75 Å². The van der Waals surface area contributed by atoms with Gasteiger partial charge in [0.2, 0.25) is 5.91 Å². The first-order valence-electron chi connectivity index (χ1n) is 10.7. The predicted octanol–water partition coefficient (Wildman–Crippen LogP) is 4.69. The van der Waals surface area contributed by atoms with Gasteiger partial charge in [-0.1, -0.05) is 42.0 Å². The fourth-order valence-corrected chi connectivity index (χ4v) is 6.65. The number of phenolic OH excluding ortho intramolecular Hbond substituents is 1. The molecular weight excluding hydrogens is 360 g/mol. The van der Waals surface area contributed by atoms with Crippen LogP contribution >= 0.6 is 0 Å². The Kier molecular flexibility index (Phi) is 4.27. The van der Waals surface area contributed by atoms with Crippen LogP contribution in [0.4, 0.5) is 0 Å². The summed E-state index contributed by atoms with van der Waals surface area (Å²) in [6.07, 6.45) is 8.11. The normalized spacial score (nSPS) is 32.6. The Labute approximate surface area is 172 Å². The van der Waals surface area contributed by atoms with Crippen LogP contribution in [0.25, 0.3) is 0 Å². The zero-order valence-corrected chi connectivity index (χ0v) is 16.9. The van der Waals surface area contributed by atoms with Crippen molar-refractivity contribution in [1.29, 1.82) is 0 Å². The predicted molar refractivity (Wildman–Crippen MR) is 114 cm³/mol. The third-order valence-corrected chi connectivity index (χ3v) is 7.51. The molecule has 0 heterocycles. The van der Waals surface area contributed by atoms with Gasteiger partial charge in [-0.3, -0.25) is 4.79 Å². The summed E-state index contributed by atoms with van der Waals surface area (Å²) in [6, 6.07) is 16.0. The highest BCUT2D eigenvalue weighted by Gasteiger charge is 2.60. The minimum Gasteiger partial charge on any atom is -0.507 e. The highest BCUT2D eigenvalue weighted by atomic mass is 16.3. The molecule has 0 aromatic heterocycles. The van der Waals surface area contributed by atoms with Crippen LogP contribution in [0.1, 0.15) is 55.2 Å². The van der Waals surface area contributed by atoms with Crippen LogP contribution in [0.15, 0.2) is 53.6 Å². The van der Waals surface area contributed by atoms with E-state index in [1.807, 2.05) is 6.07 Å². The van der Waals surface area contributed by atoms with Gasteiger partial charge in [0, 0.05) is 5.56 Å². The summed E-state index contributed by atoms with van der Waals surface area (Å²) in [4.78, 5) is 13.3. The maximum absolute atomic E-state index is 13.3. The van der Waals surface area contributed by atoms with Gasteiger partial charge < -0.3 is 5.11 Å². The molecule has 2 atom stereocenters. The lowest BCUT2D eigenvalue weighted by Gasteiger charge is -2.61. The second-order valence-electron chi connectivity index (χ2n) is 9.65. The lowest BCUT2D eigenvalue weighted by atomic mass is 9.42. The van der Waals surface area contributed by atoms with Crippen LogP contribution in [-0.4, -0.2) is 17.2 Å². The molecule has 6 rings (SSSR count). The summed E-state index contributed by atoms with van der Waals surface area (Å²) < 4.78 is 0. The van der Waals surface area contributed by atoms with Gasteiger partial charge >= 0.3 is 0 Å². The number of phenols is 1. The molecule has 4 bridgehead atoms. The van der Waals surface area contributed by atoms with Gasteiger partial charge in [0.1, 0.15) is 5.75 Å². The number of carbonyl (C=O) groups is 1. The molecule has 2 aromatic rings. The monoisotopic (exact) mass is 388 g/mol. The van der Waals surface area contributed by atoms with E-state index in [0.717, 1.165) is 19.3 Å². The highest BCUT2D eigenvalue weighted by molar-refractivity contribution is 5.87. The standard InChI is InChI=1S/C25H28N2O2/c1-17-6-8-21(9-7-17)24-11-18-10-19(12-24)14-25(13-18,16-24)23(29)27-26-15-20-4-2-3-5-22(20)28/h2-9,15,18-19,28H,10-14,16H2,1H3,(H,27,29). The molecule has 150 valence electrons. The van der Waals surface area contributed by atoms with Gasteiger partial charge in [-0.05, 0) is 80.4 Å². The minimum absolute atomic E-state index is 0.0507. The van der Waals surface area contributed by atoms with E-state index in [9.17, 15) is 9.90 Å². The molecule has 4 saturated carbocycles. The first-order chi connectivity index (χ1) is 14.0. The van der Waals surface area contributed by atoms with E-state index in [1.165, 1.54) is 36.6 Å². The van der Waals surface area contributed by atoms with Crippen LogP contribution in [0, 0.1) is 24.2 Å². The smallest absolute Gasteiger partial charge is 0.246 e. The second-order valence-corrected chi connectivity index (χ2v) is 9.65. The minimum atomic E-state index is -0.314.